The first-order chi connectivity index (χ1) is 7.26. The summed E-state index contributed by atoms with van der Waals surface area (Å²) in [5.74, 6) is 5.42. The summed E-state index contributed by atoms with van der Waals surface area (Å²) in [5, 5.41) is 0. The van der Waals surface area contributed by atoms with Crippen LogP contribution in [0.2, 0.25) is 0 Å². The van der Waals surface area contributed by atoms with Gasteiger partial charge in [-0.05, 0) is 17.9 Å². The lowest BCUT2D eigenvalue weighted by molar-refractivity contribution is -0.144. The molecular weight excluding hydrogens is 200 g/mol. The van der Waals surface area contributed by atoms with E-state index in [1.807, 2.05) is 26.8 Å². The van der Waals surface area contributed by atoms with Gasteiger partial charge in [-0.3, -0.25) is 4.79 Å². The molecular formula is C14H20O2. The van der Waals surface area contributed by atoms with E-state index in [9.17, 15) is 4.79 Å². The summed E-state index contributed by atoms with van der Waals surface area (Å²) in [6.07, 6.45) is 2.07. The van der Waals surface area contributed by atoms with Crippen LogP contribution >= 0.6 is 0 Å². The second-order valence-electron chi connectivity index (χ2n) is 4.54. The summed E-state index contributed by atoms with van der Waals surface area (Å²) in [7, 11) is 0. The minimum absolute atomic E-state index is 0.107. The van der Waals surface area contributed by atoms with Crippen molar-refractivity contribution in [1.82, 2.24) is 0 Å². The van der Waals surface area contributed by atoms with Crippen molar-refractivity contribution < 1.29 is 9.53 Å². The SMILES string of the molecule is C=CC(C)(C)CC(C#CC(=C)C)OC(C)=O. The summed E-state index contributed by atoms with van der Waals surface area (Å²) in [6.45, 7) is 14.7. The van der Waals surface area contributed by atoms with Crippen molar-refractivity contribution in [1.29, 1.82) is 0 Å². The zero-order valence-electron chi connectivity index (χ0n) is 10.6. The number of carbonyl (C=O) groups is 1. The van der Waals surface area contributed by atoms with Crippen molar-refractivity contribution in [2.45, 2.75) is 40.2 Å². The van der Waals surface area contributed by atoms with Crippen molar-refractivity contribution in [3.63, 3.8) is 0 Å². The molecule has 0 bridgehead atoms. The Bertz CT molecular complexity index is 339. The third kappa shape index (κ3) is 6.89. The van der Waals surface area contributed by atoms with Gasteiger partial charge in [-0.15, -0.1) is 6.58 Å². The van der Waals surface area contributed by atoms with Gasteiger partial charge in [0.15, 0.2) is 6.10 Å². The van der Waals surface area contributed by atoms with Crippen LogP contribution in [0.4, 0.5) is 0 Å². The molecule has 16 heavy (non-hydrogen) atoms. The average Bonchev–Trinajstić information content (AvgIpc) is 2.13. The molecule has 0 rings (SSSR count). The quantitative estimate of drug-likeness (QED) is 0.413. The van der Waals surface area contributed by atoms with Crippen LogP contribution in [0.15, 0.2) is 24.8 Å². The molecule has 2 nitrogen and oxygen atoms in total. The van der Waals surface area contributed by atoms with Gasteiger partial charge in [0.05, 0.1) is 0 Å². The molecule has 0 spiro atoms. The molecule has 1 unspecified atom stereocenters. The first-order valence-corrected chi connectivity index (χ1v) is 5.24. The highest BCUT2D eigenvalue weighted by molar-refractivity contribution is 5.66. The van der Waals surface area contributed by atoms with E-state index in [0.29, 0.717) is 6.42 Å². The topological polar surface area (TPSA) is 26.3 Å². The van der Waals surface area contributed by atoms with Crippen LogP contribution in [-0.4, -0.2) is 12.1 Å². The highest BCUT2D eigenvalue weighted by atomic mass is 16.5. The first kappa shape index (κ1) is 14.5. The summed E-state index contributed by atoms with van der Waals surface area (Å²) < 4.78 is 5.14. The largest absolute Gasteiger partial charge is 0.449 e. The Hall–Kier alpha value is -1.49. The summed E-state index contributed by atoms with van der Waals surface area (Å²) >= 11 is 0. The van der Waals surface area contributed by atoms with Crippen molar-refractivity contribution in [3.8, 4) is 11.8 Å². The van der Waals surface area contributed by atoms with Crippen LogP contribution in [0.3, 0.4) is 0 Å². The molecule has 0 aliphatic carbocycles. The minimum Gasteiger partial charge on any atom is -0.449 e. The van der Waals surface area contributed by atoms with E-state index in [0.717, 1.165) is 5.57 Å². The van der Waals surface area contributed by atoms with Crippen molar-refractivity contribution in [2.75, 3.05) is 0 Å². The van der Waals surface area contributed by atoms with Gasteiger partial charge in [0.2, 0.25) is 0 Å². The van der Waals surface area contributed by atoms with Gasteiger partial charge >= 0.3 is 5.97 Å². The first-order valence-electron chi connectivity index (χ1n) is 5.24. The second-order valence-corrected chi connectivity index (χ2v) is 4.54. The molecule has 1 atom stereocenters. The molecule has 0 heterocycles. The third-order valence-electron chi connectivity index (χ3n) is 2.02. The molecule has 2 heteroatoms. The zero-order valence-corrected chi connectivity index (χ0v) is 10.6. The molecule has 0 saturated carbocycles. The number of allylic oxidation sites excluding steroid dienone is 2. The van der Waals surface area contributed by atoms with Crippen LogP contribution in [0.25, 0.3) is 0 Å². The predicted molar refractivity (Wildman–Crippen MR) is 66.7 cm³/mol. The van der Waals surface area contributed by atoms with Crippen LogP contribution in [0, 0.1) is 17.3 Å². The summed E-state index contributed by atoms with van der Waals surface area (Å²) in [5.41, 5.74) is 0.651. The van der Waals surface area contributed by atoms with Gasteiger partial charge in [-0.2, -0.15) is 0 Å². The minimum atomic E-state index is -0.401. The van der Waals surface area contributed by atoms with E-state index >= 15 is 0 Å². The Morgan fingerprint density at radius 3 is 2.44 bits per heavy atom. The molecule has 0 fully saturated rings. The van der Waals surface area contributed by atoms with E-state index in [1.165, 1.54) is 6.92 Å². The molecule has 0 N–H and O–H groups in total. The number of hydrogen-bond donors (Lipinski definition) is 0. The highest BCUT2D eigenvalue weighted by Crippen LogP contribution is 2.24. The maximum absolute atomic E-state index is 10.9. The van der Waals surface area contributed by atoms with Gasteiger partial charge in [0.25, 0.3) is 0 Å². The Kier molecular flexibility index (Phi) is 5.60. The van der Waals surface area contributed by atoms with Crippen LogP contribution in [0.1, 0.15) is 34.1 Å². The van der Waals surface area contributed by atoms with Gasteiger partial charge in [-0.25, -0.2) is 0 Å². The number of carbonyl (C=O) groups excluding carboxylic acids is 1. The maximum Gasteiger partial charge on any atom is 0.303 e. The normalized spacial score (nSPS) is 12.0. The van der Waals surface area contributed by atoms with Crippen LogP contribution in [0.5, 0.6) is 0 Å². The molecule has 0 radical (unpaired) electrons. The molecule has 0 amide bonds. The van der Waals surface area contributed by atoms with E-state index in [2.05, 4.69) is 25.0 Å². The monoisotopic (exact) mass is 220 g/mol. The van der Waals surface area contributed by atoms with Crippen molar-refractivity contribution >= 4 is 5.97 Å². The zero-order chi connectivity index (χ0) is 12.8. The molecule has 0 aromatic rings. The molecule has 0 aliphatic heterocycles. The Labute approximate surface area is 98.4 Å². The van der Waals surface area contributed by atoms with Gasteiger partial charge < -0.3 is 4.74 Å². The smallest absolute Gasteiger partial charge is 0.303 e. The summed E-state index contributed by atoms with van der Waals surface area (Å²) in [6, 6.07) is 0. The van der Waals surface area contributed by atoms with Crippen molar-refractivity contribution in [3.05, 3.63) is 24.8 Å². The highest BCUT2D eigenvalue weighted by Gasteiger charge is 2.20. The number of ether oxygens (including phenoxy) is 1. The standard InChI is InChI=1S/C14H20O2/c1-7-14(5,6)10-13(16-12(4)15)9-8-11(2)3/h7,13H,1-2,10H2,3-6H3. The van der Waals surface area contributed by atoms with E-state index in [1.54, 1.807) is 0 Å². The van der Waals surface area contributed by atoms with Gasteiger partial charge in [-0.1, -0.05) is 38.3 Å². The lowest BCUT2D eigenvalue weighted by atomic mass is 9.87. The average molecular weight is 220 g/mol. The fourth-order valence-corrected chi connectivity index (χ4v) is 1.09. The van der Waals surface area contributed by atoms with E-state index < -0.39 is 6.10 Å². The third-order valence-corrected chi connectivity index (χ3v) is 2.02. The fourth-order valence-electron chi connectivity index (χ4n) is 1.09. The Morgan fingerprint density at radius 1 is 1.50 bits per heavy atom. The Balaban J connectivity index is 4.70. The van der Waals surface area contributed by atoms with Crippen molar-refractivity contribution in [2.24, 2.45) is 5.41 Å². The van der Waals surface area contributed by atoms with Crippen LogP contribution < -0.4 is 0 Å². The van der Waals surface area contributed by atoms with E-state index in [-0.39, 0.29) is 11.4 Å². The molecule has 88 valence electrons. The lowest BCUT2D eigenvalue weighted by Gasteiger charge is -2.23. The maximum atomic E-state index is 10.9. The predicted octanol–water partition coefficient (Wildman–Crippen LogP) is 3.10. The number of esters is 1. The van der Waals surface area contributed by atoms with Gasteiger partial charge in [0, 0.05) is 13.3 Å². The fraction of sp³-hybridized carbons (Fsp3) is 0.500. The number of rotatable bonds is 4. The second kappa shape index (κ2) is 6.17. The molecule has 0 aromatic heterocycles. The molecule has 0 aromatic carbocycles. The molecule has 0 saturated heterocycles. The lowest BCUT2D eigenvalue weighted by Crippen LogP contribution is -2.22. The van der Waals surface area contributed by atoms with E-state index in [4.69, 9.17) is 4.74 Å². The molecule has 0 aliphatic rings. The summed E-state index contributed by atoms with van der Waals surface area (Å²) in [4.78, 5) is 10.9. The Morgan fingerprint density at radius 2 is 2.06 bits per heavy atom. The van der Waals surface area contributed by atoms with Gasteiger partial charge in [0.1, 0.15) is 0 Å². The number of hydrogen-bond acceptors (Lipinski definition) is 2. The van der Waals surface area contributed by atoms with Crippen LogP contribution in [-0.2, 0) is 9.53 Å².